The molecule has 1 aromatic heterocycles. The number of benzene rings is 1. The first-order valence-corrected chi connectivity index (χ1v) is 6.88. The van der Waals surface area contributed by atoms with Gasteiger partial charge in [-0.25, -0.2) is 4.98 Å². The zero-order valence-electron chi connectivity index (χ0n) is 11.2. The SMILES string of the molecule is Cc1cnc(N)n1Cc1cc(Cl)c2c(c1)OCCCO2. The van der Waals surface area contributed by atoms with Gasteiger partial charge >= 0.3 is 0 Å². The minimum Gasteiger partial charge on any atom is -0.489 e. The van der Waals surface area contributed by atoms with Crippen LogP contribution in [0.1, 0.15) is 17.7 Å². The highest BCUT2D eigenvalue weighted by Crippen LogP contribution is 2.38. The molecule has 0 saturated carbocycles. The summed E-state index contributed by atoms with van der Waals surface area (Å²) in [6.45, 7) is 3.83. The Morgan fingerprint density at radius 3 is 2.90 bits per heavy atom. The summed E-state index contributed by atoms with van der Waals surface area (Å²) in [6.07, 6.45) is 2.61. The highest BCUT2D eigenvalue weighted by atomic mass is 35.5. The second-order valence-electron chi connectivity index (χ2n) is 4.80. The maximum absolute atomic E-state index is 6.28. The lowest BCUT2D eigenvalue weighted by Gasteiger charge is -2.13. The topological polar surface area (TPSA) is 62.3 Å². The van der Waals surface area contributed by atoms with E-state index in [1.54, 1.807) is 6.20 Å². The molecule has 0 aliphatic carbocycles. The molecule has 0 saturated heterocycles. The summed E-state index contributed by atoms with van der Waals surface area (Å²) in [5.74, 6) is 1.82. The zero-order chi connectivity index (χ0) is 14.1. The molecule has 0 bridgehead atoms. The minimum atomic E-state index is 0.491. The van der Waals surface area contributed by atoms with Gasteiger partial charge < -0.3 is 19.8 Å². The number of nitrogens with two attached hydrogens (primary N) is 1. The van der Waals surface area contributed by atoms with Crippen molar-refractivity contribution in [2.45, 2.75) is 19.9 Å². The Morgan fingerprint density at radius 1 is 1.35 bits per heavy atom. The number of fused-ring (bicyclic) bond motifs is 1. The van der Waals surface area contributed by atoms with Crippen LogP contribution in [0.25, 0.3) is 0 Å². The van der Waals surface area contributed by atoms with E-state index in [1.807, 2.05) is 23.6 Å². The van der Waals surface area contributed by atoms with Crippen molar-refractivity contribution in [2.24, 2.45) is 0 Å². The quantitative estimate of drug-likeness (QED) is 0.924. The summed E-state index contributed by atoms with van der Waals surface area (Å²) >= 11 is 6.28. The van der Waals surface area contributed by atoms with Gasteiger partial charge in [-0.15, -0.1) is 0 Å². The summed E-state index contributed by atoms with van der Waals surface area (Å²) in [7, 11) is 0. The van der Waals surface area contributed by atoms with E-state index >= 15 is 0 Å². The first-order chi connectivity index (χ1) is 9.65. The van der Waals surface area contributed by atoms with E-state index in [0.717, 1.165) is 17.7 Å². The fraction of sp³-hybridized carbons (Fsp3) is 0.357. The van der Waals surface area contributed by atoms with Crippen LogP contribution in [0.4, 0.5) is 5.95 Å². The summed E-state index contributed by atoms with van der Waals surface area (Å²) in [5.41, 5.74) is 7.86. The van der Waals surface area contributed by atoms with Crippen molar-refractivity contribution in [3.05, 3.63) is 34.6 Å². The number of halogens is 1. The van der Waals surface area contributed by atoms with Gasteiger partial charge in [0.2, 0.25) is 5.95 Å². The van der Waals surface area contributed by atoms with Gasteiger partial charge in [0.25, 0.3) is 0 Å². The van der Waals surface area contributed by atoms with Gasteiger partial charge in [0.05, 0.1) is 31.0 Å². The van der Waals surface area contributed by atoms with Crippen LogP contribution in [-0.4, -0.2) is 22.8 Å². The van der Waals surface area contributed by atoms with E-state index in [0.29, 0.717) is 42.2 Å². The molecule has 0 amide bonds. The van der Waals surface area contributed by atoms with Crippen molar-refractivity contribution in [1.82, 2.24) is 9.55 Å². The molecule has 0 fully saturated rings. The van der Waals surface area contributed by atoms with E-state index in [-0.39, 0.29) is 0 Å². The molecule has 0 spiro atoms. The van der Waals surface area contributed by atoms with Crippen LogP contribution in [0, 0.1) is 6.92 Å². The van der Waals surface area contributed by atoms with Gasteiger partial charge in [0, 0.05) is 12.1 Å². The second kappa shape index (κ2) is 5.25. The number of hydrogen-bond donors (Lipinski definition) is 1. The van der Waals surface area contributed by atoms with Crippen LogP contribution in [0.3, 0.4) is 0 Å². The number of nitrogens with zero attached hydrogens (tertiary/aromatic N) is 2. The van der Waals surface area contributed by atoms with Crippen molar-refractivity contribution in [3.8, 4) is 11.5 Å². The molecule has 0 atom stereocenters. The average molecular weight is 294 g/mol. The first kappa shape index (κ1) is 13.1. The minimum absolute atomic E-state index is 0.491. The summed E-state index contributed by atoms with van der Waals surface area (Å²) in [5, 5.41) is 0.565. The molecule has 20 heavy (non-hydrogen) atoms. The first-order valence-electron chi connectivity index (χ1n) is 6.51. The van der Waals surface area contributed by atoms with Gasteiger partial charge in [0.15, 0.2) is 11.5 Å². The van der Waals surface area contributed by atoms with Crippen LogP contribution < -0.4 is 15.2 Å². The summed E-state index contributed by atoms with van der Waals surface area (Å²) in [4.78, 5) is 4.09. The van der Waals surface area contributed by atoms with Crippen molar-refractivity contribution < 1.29 is 9.47 Å². The molecule has 3 rings (SSSR count). The molecule has 0 unspecified atom stereocenters. The number of anilines is 1. The third kappa shape index (κ3) is 2.41. The Labute approximate surface area is 122 Å². The van der Waals surface area contributed by atoms with Crippen molar-refractivity contribution in [1.29, 1.82) is 0 Å². The lowest BCUT2D eigenvalue weighted by atomic mass is 10.2. The molecule has 1 aliphatic rings. The molecule has 1 aliphatic heterocycles. The third-order valence-electron chi connectivity index (χ3n) is 3.29. The molecule has 106 valence electrons. The van der Waals surface area contributed by atoms with Crippen LogP contribution in [0.15, 0.2) is 18.3 Å². The monoisotopic (exact) mass is 293 g/mol. The number of aromatic nitrogens is 2. The molecular weight excluding hydrogens is 278 g/mol. The van der Waals surface area contributed by atoms with Crippen molar-refractivity contribution in [2.75, 3.05) is 18.9 Å². The van der Waals surface area contributed by atoms with Gasteiger partial charge in [-0.05, 0) is 24.6 Å². The smallest absolute Gasteiger partial charge is 0.200 e. The van der Waals surface area contributed by atoms with Crippen LogP contribution in [-0.2, 0) is 6.54 Å². The van der Waals surface area contributed by atoms with Gasteiger partial charge in [-0.2, -0.15) is 0 Å². The summed E-state index contributed by atoms with van der Waals surface area (Å²) in [6, 6.07) is 3.83. The molecular formula is C14H16ClN3O2. The predicted octanol–water partition coefficient (Wildman–Crippen LogP) is 2.64. The lowest BCUT2D eigenvalue weighted by molar-refractivity contribution is 0.297. The predicted molar refractivity (Wildman–Crippen MR) is 77.5 cm³/mol. The van der Waals surface area contributed by atoms with E-state index in [9.17, 15) is 0 Å². The molecule has 1 aromatic carbocycles. The van der Waals surface area contributed by atoms with E-state index in [2.05, 4.69) is 4.98 Å². The Hall–Kier alpha value is -1.88. The standard InChI is InChI=1S/C14H16ClN3O2/c1-9-7-17-14(16)18(9)8-10-5-11(15)13-12(6-10)19-3-2-4-20-13/h5-7H,2-4,8H2,1H3,(H2,16,17). The van der Waals surface area contributed by atoms with Crippen LogP contribution >= 0.6 is 11.6 Å². The molecule has 5 nitrogen and oxygen atoms in total. The Morgan fingerprint density at radius 2 is 2.15 bits per heavy atom. The number of ether oxygens (including phenoxy) is 2. The molecule has 2 aromatic rings. The average Bonchev–Trinajstić information content (AvgIpc) is 2.65. The van der Waals surface area contributed by atoms with Gasteiger partial charge in [-0.3, -0.25) is 0 Å². The second-order valence-corrected chi connectivity index (χ2v) is 5.21. The third-order valence-corrected chi connectivity index (χ3v) is 3.57. The highest BCUT2D eigenvalue weighted by Gasteiger charge is 2.16. The fourth-order valence-corrected chi connectivity index (χ4v) is 2.53. The summed E-state index contributed by atoms with van der Waals surface area (Å²) < 4.78 is 13.2. The number of aryl methyl sites for hydroxylation is 1. The highest BCUT2D eigenvalue weighted by molar-refractivity contribution is 6.32. The molecule has 2 N–H and O–H groups in total. The number of hydrogen-bond acceptors (Lipinski definition) is 4. The number of imidazole rings is 1. The number of nitrogen functional groups attached to an aromatic ring is 1. The molecule has 0 radical (unpaired) electrons. The molecule has 2 heterocycles. The largest absolute Gasteiger partial charge is 0.489 e. The van der Waals surface area contributed by atoms with Gasteiger partial charge in [0.1, 0.15) is 0 Å². The maximum atomic E-state index is 6.28. The van der Waals surface area contributed by atoms with E-state index in [1.165, 1.54) is 0 Å². The Balaban J connectivity index is 1.95. The van der Waals surface area contributed by atoms with Crippen molar-refractivity contribution in [3.63, 3.8) is 0 Å². The van der Waals surface area contributed by atoms with Crippen LogP contribution in [0.5, 0.6) is 11.5 Å². The Kier molecular flexibility index (Phi) is 3.44. The lowest BCUT2D eigenvalue weighted by Crippen LogP contribution is -2.06. The molecule has 6 heteroatoms. The maximum Gasteiger partial charge on any atom is 0.200 e. The zero-order valence-corrected chi connectivity index (χ0v) is 12.0. The van der Waals surface area contributed by atoms with Crippen LogP contribution in [0.2, 0.25) is 5.02 Å². The normalized spacial score (nSPS) is 14.1. The van der Waals surface area contributed by atoms with Gasteiger partial charge in [-0.1, -0.05) is 11.6 Å². The number of rotatable bonds is 2. The Bertz CT molecular complexity index is 620. The fourth-order valence-electron chi connectivity index (χ4n) is 2.24. The van der Waals surface area contributed by atoms with E-state index in [4.69, 9.17) is 26.8 Å². The van der Waals surface area contributed by atoms with E-state index < -0.39 is 0 Å². The van der Waals surface area contributed by atoms with Crippen molar-refractivity contribution >= 4 is 17.5 Å².